The molecule has 2 saturated heterocycles. The summed E-state index contributed by atoms with van der Waals surface area (Å²) in [5.74, 6) is -12.0. The van der Waals surface area contributed by atoms with Crippen LogP contribution in [0, 0.1) is 65.1 Å². The smallest absolute Gasteiger partial charge is 0.417 e. The molecule has 0 saturated carbocycles. The molecule has 0 aliphatic carbocycles. The third-order valence-corrected chi connectivity index (χ3v) is 19.1. The van der Waals surface area contributed by atoms with Gasteiger partial charge in [-0.3, -0.25) is 43.2 Å². The van der Waals surface area contributed by atoms with Gasteiger partial charge in [0.1, 0.15) is 52.2 Å². The molecule has 34 heteroatoms. The van der Waals surface area contributed by atoms with Crippen LogP contribution in [0.5, 0.6) is 0 Å². The Hall–Kier alpha value is -12.6. The molecule has 6 atom stereocenters. The van der Waals surface area contributed by atoms with E-state index >= 15 is 0 Å². The van der Waals surface area contributed by atoms with Gasteiger partial charge in [-0.1, -0.05) is 249 Å². The van der Waals surface area contributed by atoms with Crippen molar-refractivity contribution in [1.29, 1.82) is 0 Å². The van der Waals surface area contributed by atoms with Gasteiger partial charge >= 0.3 is 83.8 Å². The van der Waals surface area contributed by atoms with Crippen molar-refractivity contribution in [2.24, 2.45) is 65.1 Å². The number of hydrogen-bond donors (Lipinski definition) is 6. The molecule has 0 aromatic heterocycles. The molecule has 32 nitrogen and oxygen atoms in total. The molecular formula is C112H173BrFmN2O30. The standard InChI is InChI=1S/C22H29NO5.C16H21NO3.C15H26O4.C15H24O4.C15H22O4.C12H20O4.C11H20O4.C6H11BrO2.Fm/c1-15(2)11-17(13-19(24)28-22(3,4)5)20(25)23-18(14-27-21(23)26)12-16-9-7-6-8-10-16;1-12(2)8-9-15(18)17-14(11-20-16(17)19)10-13-6-4-3-5-7-13;3*1-7-8-11(14(18)19-15(4,5)6)12(13(16)17)9-10(2)3;1-8(2)6-9(11(14)15)7-10(13)16-12(3,4)5;1-4-5-8(10(12)13)9(11(14)15)6-7(2)3;1-6(2,3)9-5(8)4-7;/h6-11,15,18H,12-14H2,1-5H3;3-7,12,14H,8-11H2,1-2H3;9-11H,7-8H2,1-6H3,(H,16,17);7,9-11H,1,8H2,2-6H3,(H,16,17);7-10H,1H2,2-6H3,(H,16,17);6,8H,7H2,1-5H3,(H,14,15);7-9H,4-6H2,1-3H3,(H,12,13)(H,14,15);4H2,1-3H3;/b17-11+;;2*12-9+;11-8+,12-9+;9-6+;;;/t;;2*11-;;;8-,9?;;/m..11..0../s1. The summed E-state index contributed by atoms with van der Waals surface area (Å²) in [7, 11) is 0. The number of rotatable bonds is 40. The van der Waals surface area contributed by atoms with Crippen molar-refractivity contribution < 1.29 is 145 Å². The Bertz CT molecular complexity index is 4680. The average molecular weight is 2360 g/mol. The van der Waals surface area contributed by atoms with E-state index < -0.39 is 141 Å². The van der Waals surface area contributed by atoms with E-state index in [1.165, 1.54) is 29.2 Å². The number of carbonyl (C=O) groups excluding carboxylic acids is 10. The van der Waals surface area contributed by atoms with Crippen LogP contribution in [0.3, 0.4) is 0 Å². The number of allylic oxidation sites excluding steroid dienone is 8. The van der Waals surface area contributed by atoms with Gasteiger partial charge in [-0.25, -0.2) is 43.4 Å². The van der Waals surface area contributed by atoms with Crippen molar-refractivity contribution in [1.82, 2.24) is 9.80 Å². The summed E-state index contributed by atoms with van der Waals surface area (Å²) < 4.78 is 41.3. The van der Waals surface area contributed by atoms with E-state index in [4.69, 9.17) is 53.2 Å². The number of esters is 6. The van der Waals surface area contributed by atoms with Crippen LogP contribution in [0.2, 0.25) is 0 Å². The molecule has 2 fully saturated rings. The number of imide groups is 2. The molecule has 0 bridgehead atoms. The first-order chi connectivity index (χ1) is 66.3. The predicted molar refractivity (Wildman–Crippen MR) is 563 cm³/mol. The minimum atomic E-state index is -1.16. The zero-order valence-corrected chi connectivity index (χ0v) is 97.0. The SMILES string of the molecule is C=C/C=C(C(=O)OC(C)(C)C)\C(=C/C(C)C)C(=O)O.C=CC[C@@H](C(=O)OC(C)(C)C)/C(=C\C(C)C)C(=O)O.CC(C)(C)OC(=O)CBr.CC(C)/C=C(\CC(=O)OC(C)(C)C)C(=O)N1C(=O)OCC1Cc1ccccc1.CC(C)/C=C(\CC(=O)OC(C)(C)C)C(=O)O.CC(C)CCC(=O)N1C(=O)OCC1Cc1ccccc1.CCC[C@@H](C(=O)OC(C)(C)C)/C(=C\C(C)C)C(=O)O.CCC[C@H](C(=O)O)C(CC(C)C)C(=O)O.[Fm]. The number of ether oxygens (including phenoxy) is 8. The number of cyclic esters (lactones) is 2. The normalized spacial score (nSPS) is 15.0. The number of carbonyl (C=O) groups is 16. The van der Waals surface area contributed by atoms with Gasteiger partial charge in [0.2, 0.25) is 5.91 Å². The van der Waals surface area contributed by atoms with Gasteiger partial charge in [0.05, 0.1) is 59.7 Å². The summed E-state index contributed by atoms with van der Waals surface area (Å²) in [5, 5.41) is 54.9. The number of alkyl halides is 1. The predicted octanol–water partition coefficient (Wildman–Crippen LogP) is 23.0. The molecule has 2 aliphatic rings. The van der Waals surface area contributed by atoms with Crippen LogP contribution in [0.4, 0.5) is 9.59 Å². The average Bonchev–Trinajstić information content (AvgIpc) is 1.66. The van der Waals surface area contributed by atoms with Gasteiger partial charge < -0.3 is 68.5 Å². The van der Waals surface area contributed by atoms with Gasteiger partial charge in [-0.05, 0) is 228 Å². The molecule has 6 N–H and O–H groups in total. The number of carboxylic acids is 6. The topological polar surface area (TPSA) is 475 Å². The van der Waals surface area contributed by atoms with Gasteiger partial charge in [-0.2, -0.15) is 0 Å². The van der Waals surface area contributed by atoms with Crippen LogP contribution in [0.1, 0.15) is 311 Å². The second-order valence-electron chi connectivity index (χ2n) is 43.2. The Morgan fingerprint density at radius 3 is 1.10 bits per heavy atom. The molecule has 2 aromatic carbocycles. The number of carboxylic acid groups (broad SMARTS) is 6. The Balaban J connectivity index is -0.000000526. The first kappa shape index (κ1) is 142. The number of nitrogens with zero attached hydrogens (tertiary/aromatic N) is 2. The van der Waals surface area contributed by atoms with Crippen molar-refractivity contribution in [3.63, 3.8) is 0 Å². The Labute approximate surface area is 870 Å². The Kier molecular flexibility index (Phi) is 67.4. The van der Waals surface area contributed by atoms with Crippen LogP contribution in [-0.4, -0.2) is 200 Å². The van der Waals surface area contributed by atoms with Gasteiger partial charge in [-0.15, -0.1) is 6.58 Å². The summed E-state index contributed by atoms with van der Waals surface area (Å²) in [6.45, 7) is 69.8. The third kappa shape index (κ3) is 67.1. The number of aliphatic carboxylic acids is 6. The van der Waals surface area contributed by atoms with Crippen LogP contribution in [0.15, 0.2) is 156 Å². The van der Waals surface area contributed by atoms with Crippen molar-refractivity contribution >= 4 is 112 Å². The Morgan fingerprint density at radius 2 is 0.781 bits per heavy atom. The van der Waals surface area contributed by atoms with E-state index in [2.05, 4.69) is 42.9 Å². The molecular weight excluding hydrogens is 2190 g/mol. The number of benzene rings is 2. The maximum atomic E-state index is 13.1. The molecule has 146 heavy (non-hydrogen) atoms. The number of hydrogen-bond acceptors (Lipinski definition) is 24. The van der Waals surface area contributed by atoms with E-state index in [9.17, 15) is 92.0 Å². The van der Waals surface area contributed by atoms with Crippen LogP contribution in [0.25, 0.3) is 0 Å². The van der Waals surface area contributed by atoms with Crippen LogP contribution < -0.4 is 0 Å². The van der Waals surface area contributed by atoms with Gasteiger partial charge in [0.15, 0.2) is 0 Å². The van der Waals surface area contributed by atoms with E-state index in [-0.39, 0.29) is 124 Å². The molecule has 4 amide bonds. The molecule has 0 spiro atoms. The first-order valence-electron chi connectivity index (χ1n) is 49.2. The zero-order valence-electron chi connectivity index (χ0n) is 93.0. The second-order valence-corrected chi connectivity index (χ2v) is 43.8. The van der Waals surface area contributed by atoms with E-state index in [0.29, 0.717) is 57.5 Å². The largest absolute Gasteiger partial charge is 0.481 e. The third-order valence-electron chi connectivity index (χ3n) is 18.6. The summed E-state index contributed by atoms with van der Waals surface area (Å²) in [6.07, 6.45) is 16.1. The quantitative estimate of drug-likeness (QED) is 0.00901. The van der Waals surface area contributed by atoms with E-state index in [0.717, 1.165) is 28.9 Å². The van der Waals surface area contributed by atoms with E-state index in [1.54, 1.807) is 128 Å². The summed E-state index contributed by atoms with van der Waals surface area (Å²) in [5.41, 5.74) is -0.908. The fourth-order valence-electron chi connectivity index (χ4n) is 13.3. The fraction of sp³-hybridized carbons (Fsp3) is 0.607. The van der Waals surface area contributed by atoms with Crippen molar-refractivity contribution in [2.75, 3.05) is 18.5 Å². The molecule has 3 unspecified atom stereocenters. The molecule has 2 aromatic rings. The maximum absolute atomic E-state index is 13.1. The summed E-state index contributed by atoms with van der Waals surface area (Å²) >= 11 is 2.99. The van der Waals surface area contributed by atoms with Crippen molar-refractivity contribution in [3.05, 3.63) is 167 Å². The zero-order chi connectivity index (χ0) is 114. The number of halogens is 1. The second kappa shape index (κ2) is 69.4. The van der Waals surface area contributed by atoms with Crippen molar-refractivity contribution in [3.8, 4) is 0 Å². The van der Waals surface area contributed by atoms with E-state index in [1.807, 2.05) is 178 Å². The van der Waals surface area contributed by atoms with Crippen LogP contribution >= 0.6 is 15.9 Å². The summed E-state index contributed by atoms with van der Waals surface area (Å²) in [4.78, 5) is 189. The fourth-order valence-corrected chi connectivity index (χ4v) is 13.4. The van der Waals surface area contributed by atoms with Crippen LogP contribution in [-0.2, 0) is 118 Å². The molecule has 4 rings (SSSR count). The molecule has 0 radical (unpaired) electrons. The molecule has 830 valence electrons. The van der Waals surface area contributed by atoms with Gasteiger partial charge in [0.25, 0.3) is 5.91 Å². The minimum absolute atomic E-state index is 0. The molecule has 2 aliphatic heterocycles. The summed E-state index contributed by atoms with van der Waals surface area (Å²) in [6, 6.07) is 18.9. The van der Waals surface area contributed by atoms with Gasteiger partial charge in [0, 0.05) is 28.7 Å². The monoisotopic (exact) mass is 2360 g/mol. The number of amides is 4. The minimum Gasteiger partial charge on any atom is -0.481 e. The maximum Gasteiger partial charge on any atom is 0.417 e. The first-order valence-corrected chi connectivity index (χ1v) is 50.3. The Morgan fingerprint density at radius 1 is 0.425 bits per heavy atom. The van der Waals surface area contributed by atoms with Crippen molar-refractivity contribution in [2.45, 2.75) is 358 Å². The molecule has 2 heterocycles.